The Hall–Kier alpha value is 0.0200. The van der Waals surface area contributed by atoms with Gasteiger partial charge < -0.3 is 10.2 Å². The van der Waals surface area contributed by atoms with Gasteiger partial charge in [-0.3, -0.25) is 4.79 Å². The van der Waals surface area contributed by atoms with Crippen LogP contribution in [0.1, 0.15) is 20.3 Å². The van der Waals surface area contributed by atoms with E-state index in [4.69, 9.17) is 0 Å². The summed E-state index contributed by atoms with van der Waals surface area (Å²) < 4.78 is 22.6. The normalized spacial score (nSPS) is 20.9. The van der Waals surface area contributed by atoms with Crippen molar-refractivity contribution in [2.75, 3.05) is 36.6 Å². The van der Waals surface area contributed by atoms with E-state index in [0.717, 1.165) is 18.1 Å². The maximum atomic E-state index is 12.3. The maximum absolute atomic E-state index is 12.3. The van der Waals surface area contributed by atoms with Crippen molar-refractivity contribution < 1.29 is 13.2 Å². The second-order valence-electron chi connectivity index (χ2n) is 5.05. The van der Waals surface area contributed by atoms with Crippen LogP contribution in [-0.4, -0.2) is 67.9 Å². The van der Waals surface area contributed by atoms with E-state index < -0.39 is 9.84 Å². The zero-order valence-electron chi connectivity index (χ0n) is 12.3. The van der Waals surface area contributed by atoms with Gasteiger partial charge in [-0.1, -0.05) is 0 Å². The van der Waals surface area contributed by atoms with E-state index in [1.54, 1.807) is 11.8 Å². The molecule has 0 bridgehead atoms. The van der Waals surface area contributed by atoms with Crippen LogP contribution >= 0.6 is 24.2 Å². The zero-order valence-corrected chi connectivity index (χ0v) is 14.7. The average molecular weight is 345 g/mol. The molecule has 2 atom stereocenters. The molecule has 1 saturated heterocycles. The van der Waals surface area contributed by atoms with E-state index in [-0.39, 0.29) is 36.2 Å². The molecule has 0 aromatic heterocycles. The van der Waals surface area contributed by atoms with Crippen molar-refractivity contribution in [1.82, 2.24) is 10.2 Å². The minimum absolute atomic E-state index is 0. The number of hydrogen-bond donors (Lipinski definition) is 1. The molecule has 0 saturated carbocycles. The van der Waals surface area contributed by atoms with Crippen molar-refractivity contribution in [2.45, 2.75) is 32.4 Å². The van der Waals surface area contributed by atoms with Crippen LogP contribution < -0.4 is 5.32 Å². The third-order valence-electron chi connectivity index (χ3n) is 3.16. The van der Waals surface area contributed by atoms with Crippen molar-refractivity contribution in [3.63, 3.8) is 0 Å². The second-order valence-corrected chi connectivity index (χ2v) is 8.39. The molecule has 0 aliphatic carbocycles. The minimum Gasteiger partial charge on any atom is -0.339 e. The highest BCUT2D eigenvalue weighted by Crippen LogP contribution is 2.13. The van der Waals surface area contributed by atoms with Gasteiger partial charge in [-0.25, -0.2) is 8.42 Å². The van der Waals surface area contributed by atoms with E-state index in [9.17, 15) is 13.2 Å². The van der Waals surface area contributed by atoms with Crippen LogP contribution in [0.15, 0.2) is 0 Å². The lowest BCUT2D eigenvalue weighted by Gasteiger charge is -2.30. The topological polar surface area (TPSA) is 66.5 Å². The molecule has 0 spiro atoms. The number of thioether (sulfide) groups is 1. The molecule has 0 aromatic rings. The van der Waals surface area contributed by atoms with E-state index in [1.165, 1.54) is 6.26 Å². The van der Waals surface area contributed by atoms with Crippen molar-refractivity contribution in [2.24, 2.45) is 0 Å². The van der Waals surface area contributed by atoms with Gasteiger partial charge in [0.05, 0.1) is 5.75 Å². The number of nitrogens with one attached hydrogen (secondary N) is 1. The van der Waals surface area contributed by atoms with E-state index in [1.807, 2.05) is 18.7 Å². The number of halogens is 1. The van der Waals surface area contributed by atoms with Crippen LogP contribution in [0, 0.1) is 0 Å². The molecule has 20 heavy (non-hydrogen) atoms. The summed E-state index contributed by atoms with van der Waals surface area (Å²) in [5.74, 6) is 2.11. The smallest absolute Gasteiger partial charge is 0.224 e. The molecule has 1 amide bonds. The maximum Gasteiger partial charge on any atom is 0.224 e. The SMILES string of the molecule is CCN(C(=O)CC1CSCCN1)C(C)CS(C)(=O)=O.Cl. The zero-order chi connectivity index (χ0) is 14.5. The number of sulfone groups is 1. The predicted octanol–water partition coefficient (Wildman–Crippen LogP) is 0.785. The van der Waals surface area contributed by atoms with Crippen LogP contribution in [0.25, 0.3) is 0 Å². The predicted molar refractivity (Wildman–Crippen MR) is 87.5 cm³/mol. The van der Waals surface area contributed by atoms with Crippen LogP contribution in [0.5, 0.6) is 0 Å². The molecular weight excluding hydrogens is 320 g/mol. The first-order valence-corrected chi connectivity index (χ1v) is 9.83. The molecule has 8 heteroatoms. The van der Waals surface area contributed by atoms with Crippen LogP contribution in [-0.2, 0) is 14.6 Å². The Morgan fingerprint density at radius 1 is 1.50 bits per heavy atom. The summed E-state index contributed by atoms with van der Waals surface area (Å²) in [5.41, 5.74) is 0. The summed E-state index contributed by atoms with van der Waals surface area (Å²) >= 11 is 1.85. The summed E-state index contributed by atoms with van der Waals surface area (Å²) in [6.45, 7) is 5.17. The highest BCUT2D eigenvalue weighted by Gasteiger charge is 2.25. The van der Waals surface area contributed by atoms with Gasteiger partial charge >= 0.3 is 0 Å². The van der Waals surface area contributed by atoms with Crippen molar-refractivity contribution in [3.05, 3.63) is 0 Å². The molecule has 1 aliphatic rings. The fraction of sp³-hybridized carbons (Fsp3) is 0.917. The lowest BCUT2D eigenvalue weighted by molar-refractivity contribution is -0.133. The summed E-state index contributed by atoms with van der Waals surface area (Å²) in [6, 6.07) is -0.0468. The third kappa shape index (κ3) is 7.15. The number of hydrogen-bond acceptors (Lipinski definition) is 5. The van der Waals surface area contributed by atoms with E-state index in [0.29, 0.717) is 13.0 Å². The summed E-state index contributed by atoms with van der Waals surface area (Å²) in [7, 11) is -3.06. The lowest BCUT2D eigenvalue weighted by Crippen LogP contribution is -2.46. The van der Waals surface area contributed by atoms with Crippen molar-refractivity contribution in [3.8, 4) is 0 Å². The van der Waals surface area contributed by atoms with Gasteiger partial charge in [0.1, 0.15) is 9.84 Å². The Kier molecular flexibility index (Phi) is 9.13. The Morgan fingerprint density at radius 3 is 2.60 bits per heavy atom. The van der Waals surface area contributed by atoms with Gasteiger partial charge in [-0.05, 0) is 13.8 Å². The van der Waals surface area contributed by atoms with E-state index >= 15 is 0 Å². The third-order valence-corrected chi connectivity index (χ3v) is 5.38. The first-order valence-electron chi connectivity index (χ1n) is 6.61. The van der Waals surface area contributed by atoms with Crippen molar-refractivity contribution >= 4 is 39.9 Å². The highest BCUT2D eigenvalue weighted by atomic mass is 35.5. The minimum atomic E-state index is -3.06. The van der Waals surface area contributed by atoms with Gasteiger partial charge in [0, 0.05) is 49.4 Å². The van der Waals surface area contributed by atoms with Crippen LogP contribution in [0.3, 0.4) is 0 Å². The molecule has 1 fully saturated rings. The standard InChI is InChI=1S/C12H24N2O3S2.ClH/c1-4-14(10(2)9-19(3,16)17)12(15)7-11-8-18-6-5-13-11;/h10-11,13H,4-9H2,1-3H3;1H. The quantitative estimate of drug-likeness (QED) is 0.771. The number of amides is 1. The summed E-state index contributed by atoms with van der Waals surface area (Å²) in [4.78, 5) is 13.9. The number of carbonyl (C=O) groups excluding carboxylic acids is 1. The molecule has 1 N–H and O–H groups in total. The van der Waals surface area contributed by atoms with Gasteiger partial charge in [-0.15, -0.1) is 12.4 Å². The van der Waals surface area contributed by atoms with Gasteiger partial charge in [0.2, 0.25) is 5.91 Å². The number of carbonyl (C=O) groups is 1. The Bertz CT molecular complexity index is 398. The molecule has 5 nitrogen and oxygen atoms in total. The highest BCUT2D eigenvalue weighted by molar-refractivity contribution is 7.99. The molecule has 0 radical (unpaired) electrons. The lowest BCUT2D eigenvalue weighted by atomic mass is 10.2. The molecule has 0 aromatic carbocycles. The summed E-state index contributed by atoms with van der Waals surface area (Å²) in [6.07, 6.45) is 1.66. The Balaban J connectivity index is 0.00000361. The average Bonchev–Trinajstić information content (AvgIpc) is 2.28. The van der Waals surface area contributed by atoms with Crippen LogP contribution in [0.2, 0.25) is 0 Å². The van der Waals surface area contributed by atoms with Gasteiger partial charge in [-0.2, -0.15) is 11.8 Å². The van der Waals surface area contributed by atoms with Gasteiger partial charge in [0.15, 0.2) is 0 Å². The molecule has 2 unspecified atom stereocenters. The largest absolute Gasteiger partial charge is 0.339 e. The first kappa shape index (κ1) is 20.0. The molecule has 120 valence electrons. The molecular formula is C12H25ClN2O3S2. The Morgan fingerprint density at radius 2 is 2.15 bits per heavy atom. The second kappa shape index (κ2) is 9.12. The fourth-order valence-corrected chi connectivity index (χ4v) is 4.35. The Labute approximate surface area is 132 Å². The molecule has 1 heterocycles. The van der Waals surface area contributed by atoms with Crippen molar-refractivity contribution in [1.29, 1.82) is 0 Å². The van der Waals surface area contributed by atoms with E-state index in [2.05, 4.69) is 5.32 Å². The first-order chi connectivity index (χ1) is 8.83. The summed E-state index contributed by atoms with van der Waals surface area (Å²) in [5, 5.41) is 3.33. The molecule has 1 rings (SSSR count). The van der Waals surface area contributed by atoms with Crippen LogP contribution in [0.4, 0.5) is 0 Å². The molecule has 1 aliphatic heterocycles. The fourth-order valence-electron chi connectivity index (χ4n) is 2.34. The number of rotatable bonds is 6. The van der Waals surface area contributed by atoms with Gasteiger partial charge in [0.25, 0.3) is 0 Å². The number of nitrogens with zero attached hydrogens (tertiary/aromatic N) is 1. The monoisotopic (exact) mass is 344 g/mol.